The van der Waals surface area contributed by atoms with Gasteiger partial charge in [0.2, 0.25) is 0 Å². The number of hydrogen-bond donors (Lipinski definition) is 1. The number of nitrogens with zero attached hydrogens (tertiary/aromatic N) is 1. The highest BCUT2D eigenvalue weighted by Crippen LogP contribution is 2.16. The van der Waals surface area contributed by atoms with Gasteiger partial charge in [-0.2, -0.15) is 5.10 Å². The summed E-state index contributed by atoms with van der Waals surface area (Å²) < 4.78 is 18.6. The fraction of sp³-hybridized carbons (Fsp3) is 0.263. The summed E-state index contributed by atoms with van der Waals surface area (Å²) in [6, 6.07) is 12.8. The number of carbonyl (C=O) groups is 1. The zero-order valence-corrected chi connectivity index (χ0v) is 13.7. The minimum absolute atomic E-state index is 0.345. The molecule has 0 atom stereocenters. The van der Waals surface area contributed by atoms with E-state index in [-0.39, 0.29) is 5.82 Å². The lowest BCUT2D eigenvalue weighted by atomic mass is 10.2. The molecular formula is C19H21FN2O2. The quantitative estimate of drug-likeness (QED) is 0.449. The molecule has 0 saturated carbocycles. The van der Waals surface area contributed by atoms with Crippen LogP contribution in [0.5, 0.6) is 5.75 Å². The Morgan fingerprint density at radius 1 is 1.17 bits per heavy atom. The van der Waals surface area contributed by atoms with Crippen LogP contribution in [0.3, 0.4) is 0 Å². The number of para-hydroxylation sites is 1. The van der Waals surface area contributed by atoms with Crippen LogP contribution in [0, 0.1) is 5.82 Å². The van der Waals surface area contributed by atoms with Gasteiger partial charge in [-0.15, -0.1) is 0 Å². The van der Waals surface area contributed by atoms with Crippen molar-refractivity contribution in [1.82, 2.24) is 5.43 Å². The summed E-state index contributed by atoms with van der Waals surface area (Å²) in [7, 11) is 0. The first-order valence-electron chi connectivity index (χ1n) is 8.01. The van der Waals surface area contributed by atoms with Crippen LogP contribution in [0.25, 0.3) is 0 Å². The second-order valence-electron chi connectivity index (χ2n) is 5.30. The molecular weight excluding hydrogens is 307 g/mol. The largest absolute Gasteiger partial charge is 0.493 e. The normalized spacial score (nSPS) is 10.8. The summed E-state index contributed by atoms with van der Waals surface area (Å²) >= 11 is 0. The van der Waals surface area contributed by atoms with E-state index >= 15 is 0 Å². The van der Waals surface area contributed by atoms with Crippen molar-refractivity contribution in [3.63, 3.8) is 0 Å². The zero-order valence-electron chi connectivity index (χ0n) is 13.7. The molecule has 126 valence electrons. The topological polar surface area (TPSA) is 50.7 Å². The maximum absolute atomic E-state index is 12.8. The Balaban J connectivity index is 1.93. The summed E-state index contributed by atoms with van der Waals surface area (Å²) in [5.41, 5.74) is 3.55. The summed E-state index contributed by atoms with van der Waals surface area (Å²) in [4.78, 5) is 11.9. The molecule has 0 spiro atoms. The number of hydrogen-bond acceptors (Lipinski definition) is 3. The summed E-state index contributed by atoms with van der Waals surface area (Å²) in [6.07, 6.45) is 4.81. The van der Waals surface area contributed by atoms with Crippen LogP contribution >= 0.6 is 0 Å². The molecule has 0 aromatic heterocycles. The molecule has 24 heavy (non-hydrogen) atoms. The molecule has 1 amide bonds. The lowest BCUT2D eigenvalue weighted by Gasteiger charge is -2.08. The van der Waals surface area contributed by atoms with Gasteiger partial charge in [0.05, 0.1) is 12.8 Å². The van der Waals surface area contributed by atoms with Crippen molar-refractivity contribution in [1.29, 1.82) is 0 Å². The molecule has 0 aliphatic carbocycles. The molecule has 0 bridgehead atoms. The van der Waals surface area contributed by atoms with Gasteiger partial charge in [0.15, 0.2) is 0 Å². The van der Waals surface area contributed by atoms with Crippen LogP contribution < -0.4 is 10.2 Å². The number of ether oxygens (including phenoxy) is 1. The van der Waals surface area contributed by atoms with Gasteiger partial charge < -0.3 is 4.74 Å². The van der Waals surface area contributed by atoms with E-state index < -0.39 is 5.91 Å². The van der Waals surface area contributed by atoms with Crippen molar-refractivity contribution < 1.29 is 13.9 Å². The molecule has 0 saturated heterocycles. The minimum atomic E-state index is -0.396. The van der Waals surface area contributed by atoms with Crippen molar-refractivity contribution in [3.05, 3.63) is 65.5 Å². The van der Waals surface area contributed by atoms with Gasteiger partial charge in [-0.3, -0.25) is 4.79 Å². The van der Waals surface area contributed by atoms with E-state index in [4.69, 9.17) is 4.74 Å². The van der Waals surface area contributed by atoms with E-state index in [0.717, 1.165) is 30.6 Å². The molecule has 2 rings (SSSR count). The van der Waals surface area contributed by atoms with Gasteiger partial charge >= 0.3 is 0 Å². The maximum atomic E-state index is 12.8. The molecule has 0 fully saturated rings. The number of benzene rings is 2. The Bertz CT molecular complexity index is 684. The third-order valence-corrected chi connectivity index (χ3v) is 3.40. The van der Waals surface area contributed by atoms with E-state index in [1.165, 1.54) is 30.5 Å². The number of rotatable bonds is 8. The lowest BCUT2D eigenvalue weighted by molar-refractivity contribution is 0.0955. The predicted octanol–water partition coefficient (Wildman–Crippen LogP) is 4.16. The number of nitrogens with one attached hydrogen (secondary N) is 1. The first-order valence-corrected chi connectivity index (χ1v) is 8.01. The van der Waals surface area contributed by atoms with Crippen LogP contribution in [-0.4, -0.2) is 18.7 Å². The first kappa shape index (κ1) is 17.7. The van der Waals surface area contributed by atoms with Crippen LogP contribution in [0.15, 0.2) is 53.6 Å². The van der Waals surface area contributed by atoms with Crippen LogP contribution in [0.4, 0.5) is 4.39 Å². The van der Waals surface area contributed by atoms with Gasteiger partial charge in [0.1, 0.15) is 11.6 Å². The average molecular weight is 328 g/mol. The second-order valence-corrected chi connectivity index (χ2v) is 5.30. The fourth-order valence-corrected chi connectivity index (χ4v) is 2.08. The highest BCUT2D eigenvalue weighted by Gasteiger charge is 2.04. The number of carbonyl (C=O) groups excluding carboxylic acids is 1. The molecule has 0 unspecified atom stereocenters. The second kappa shape index (κ2) is 9.45. The molecule has 0 aliphatic heterocycles. The maximum Gasteiger partial charge on any atom is 0.271 e. The summed E-state index contributed by atoms with van der Waals surface area (Å²) in [6.45, 7) is 2.80. The van der Waals surface area contributed by atoms with Gasteiger partial charge in [0, 0.05) is 11.1 Å². The van der Waals surface area contributed by atoms with Crippen LogP contribution in [0.1, 0.15) is 42.1 Å². The molecule has 2 aromatic carbocycles. The third-order valence-electron chi connectivity index (χ3n) is 3.40. The summed E-state index contributed by atoms with van der Waals surface area (Å²) in [5.74, 6) is -0.0508. The standard InChI is InChI=1S/C19H21FN2O2/c1-2-3-6-13-24-18-8-5-4-7-16(18)14-21-22-19(23)15-9-11-17(20)12-10-15/h4-5,7-12,14H,2-3,6,13H2,1H3,(H,22,23)/b21-14+. The van der Waals surface area contributed by atoms with Crippen LogP contribution in [-0.2, 0) is 0 Å². The SMILES string of the molecule is CCCCCOc1ccccc1/C=N/NC(=O)c1ccc(F)cc1. The van der Waals surface area contributed by atoms with E-state index in [2.05, 4.69) is 17.5 Å². The van der Waals surface area contributed by atoms with Crippen molar-refractivity contribution in [2.75, 3.05) is 6.61 Å². The Kier molecular flexibility index (Phi) is 6.95. The van der Waals surface area contributed by atoms with Gasteiger partial charge in [0.25, 0.3) is 5.91 Å². The molecule has 1 N–H and O–H groups in total. The highest BCUT2D eigenvalue weighted by molar-refractivity contribution is 5.95. The fourth-order valence-electron chi connectivity index (χ4n) is 2.08. The van der Waals surface area contributed by atoms with E-state index in [1.807, 2.05) is 24.3 Å². The molecule has 0 aliphatic rings. The number of amides is 1. The number of hydrazone groups is 1. The Morgan fingerprint density at radius 3 is 2.67 bits per heavy atom. The van der Waals surface area contributed by atoms with Gasteiger partial charge in [-0.05, 0) is 42.8 Å². The minimum Gasteiger partial charge on any atom is -0.493 e. The average Bonchev–Trinajstić information content (AvgIpc) is 2.60. The summed E-state index contributed by atoms with van der Waals surface area (Å²) in [5, 5.41) is 3.95. The van der Waals surface area contributed by atoms with E-state index in [0.29, 0.717) is 12.2 Å². The van der Waals surface area contributed by atoms with Gasteiger partial charge in [-0.25, -0.2) is 9.82 Å². The molecule has 2 aromatic rings. The number of halogens is 1. The predicted molar refractivity (Wildman–Crippen MR) is 92.9 cm³/mol. The lowest BCUT2D eigenvalue weighted by Crippen LogP contribution is -2.17. The van der Waals surface area contributed by atoms with Crippen molar-refractivity contribution in [2.24, 2.45) is 5.10 Å². The van der Waals surface area contributed by atoms with E-state index in [1.54, 1.807) is 0 Å². The van der Waals surface area contributed by atoms with Crippen LogP contribution in [0.2, 0.25) is 0 Å². The third kappa shape index (κ3) is 5.50. The molecule has 0 heterocycles. The molecule has 5 heteroatoms. The van der Waals surface area contributed by atoms with E-state index in [9.17, 15) is 9.18 Å². The van der Waals surface area contributed by atoms with Crippen molar-refractivity contribution in [3.8, 4) is 5.75 Å². The Hall–Kier alpha value is -2.69. The Labute approximate surface area is 141 Å². The zero-order chi connectivity index (χ0) is 17.2. The first-order chi connectivity index (χ1) is 11.7. The van der Waals surface area contributed by atoms with Gasteiger partial charge in [-0.1, -0.05) is 31.9 Å². The monoisotopic (exact) mass is 328 g/mol. The smallest absolute Gasteiger partial charge is 0.271 e. The molecule has 4 nitrogen and oxygen atoms in total. The number of unbranched alkanes of at least 4 members (excludes halogenated alkanes) is 2. The van der Waals surface area contributed by atoms with Crippen molar-refractivity contribution in [2.45, 2.75) is 26.2 Å². The highest BCUT2D eigenvalue weighted by atomic mass is 19.1. The Morgan fingerprint density at radius 2 is 1.92 bits per heavy atom. The van der Waals surface area contributed by atoms with Crippen molar-refractivity contribution >= 4 is 12.1 Å². The molecule has 0 radical (unpaired) electrons.